The van der Waals surface area contributed by atoms with Gasteiger partial charge in [0.05, 0.1) is 10.6 Å². The molecule has 136 valence electrons. The highest BCUT2D eigenvalue weighted by molar-refractivity contribution is 6.36. The summed E-state index contributed by atoms with van der Waals surface area (Å²) < 4.78 is 0. The molecule has 2 aromatic carbocycles. The molecule has 0 aromatic heterocycles. The van der Waals surface area contributed by atoms with Gasteiger partial charge in [-0.15, -0.1) is 0 Å². The molecule has 4 nitrogen and oxygen atoms in total. The first-order valence-corrected chi connectivity index (χ1v) is 9.38. The lowest BCUT2D eigenvalue weighted by Gasteiger charge is -2.31. The Labute approximate surface area is 167 Å². The van der Waals surface area contributed by atoms with Gasteiger partial charge in [0.2, 0.25) is 5.91 Å². The van der Waals surface area contributed by atoms with Gasteiger partial charge in [0.25, 0.3) is 5.91 Å². The van der Waals surface area contributed by atoms with Crippen molar-refractivity contribution in [1.29, 1.82) is 0 Å². The van der Waals surface area contributed by atoms with E-state index in [0.717, 1.165) is 0 Å². The molecule has 0 saturated carbocycles. The molecule has 0 bridgehead atoms. The molecular weight excluding hydrogens is 395 g/mol. The van der Waals surface area contributed by atoms with Gasteiger partial charge in [-0.3, -0.25) is 9.59 Å². The fourth-order valence-electron chi connectivity index (χ4n) is 2.96. The van der Waals surface area contributed by atoms with E-state index in [9.17, 15) is 9.59 Å². The van der Waals surface area contributed by atoms with Crippen LogP contribution in [0.15, 0.2) is 42.5 Å². The lowest BCUT2D eigenvalue weighted by Crippen LogP contribution is -2.41. The summed E-state index contributed by atoms with van der Waals surface area (Å²) >= 11 is 17.8. The zero-order valence-electron chi connectivity index (χ0n) is 13.8. The molecule has 7 heteroatoms. The first kappa shape index (κ1) is 19.0. The van der Waals surface area contributed by atoms with E-state index < -0.39 is 0 Å². The van der Waals surface area contributed by atoms with Crippen molar-refractivity contribution in [3.05, 3.63) is 63.1 Å². The third kappa shape index (κ3) is 4.50. The number of likely N-dealkylation sites (tertiary alicyclic amines) is 1. The minimum Gasteiger partial charge on any atom is -0.339 e. The number of nitrogens with one attached hydrogen (secondary N) is 1. The fourth-order valence-corrected chi connectivity index (χ4v) is 3.57. The number of benzene rings is 2. The number of hydrogen-bond acceptors (Lipinski definition) is 2. The number of hydrogen-bond donors (Lipinski definition) is 1. The number of piperidine rings is 1. The zero-order valence-corrected chi connectivity index (χ0v) is 16.1. The average molecular weight is 412 g/mol. The van der Waals surface area contributed by atoms with Crippen LogP contribution in [0.5, 0.6) is 0 Å². The number of amides is 2. The quantitative estimate of drug-likeness (QED) is 0.760. The Morgan fingerprint density at radius 2 is 1.54 bits per heavy atom. The predicted octanol–water partition coefficient (Wildman–Crippen LogP) is 5.14. The van der Waals surface area contributed by atoms with E-state index in [2.05, 4.69) is 5.32 Å². The van der Waals surface area contributed by atoms with E-state index in [4.69, 9.17) is 34.8 Å². The van der Waals surface area contributed by atoms with Gasteiger partial charge < -0.3 is 10.2 Å². The number of halogens is 3. The third-order valence-corrected chi connectivity index (χ3v) is 5.23. The van der Waals surface area contributed by atoms with Gasteiger partial charge in [-0.1, -0.05) is 34.8 Å². The molecule has 0 aliphatic carbocycles. The summed E-state index contributed by atoms with van der Waals surface area (Å²) in [6, 6.07) is 11.8. The second-order valence-corrected chi connectivity index (χ2v) is 7.47. The highest BCUT2D eigenvalue weighted by Crippen LogP contribution is 2.25. The van der Waals surface area contributed by atoms with Crippen molar-refractivity contribution in [3.8, 4) is 0 Å². The van der Waals surface area contributed by atoms with Crippen molar-refractivity contribution in [2.24, 2.45) is 5.92 Å². The second-order valence-electron chi connectivity index (χ2n) is 6.19. The van der Waals surface area contributed by atoms with Gasteiger partial charge in [0, 0.05) is 34.7 Å². The van der Waals surface area contributed by atoms with Crippen LogP contribution in [0.2, 0.25) is 15.1 Å². The first-order valence-electron chi connectivity index (χ1n) is 8.25. The Bertz CT molecular complexity index is 816. The van der Waals surface area contributed by atoms with Crippen LogP contribution < -0.4 is 5.32 Å². The van der Waals surface area contributed by atoms with Gasteiger partial charge in [0.15, 0.2) is 0 Å². The molecule has 0 spiro atoms. The Balaban J connectivity index is 1.57. The Morgan fingerprint density at radius 3 is 2.15 bits per heavy atom. The van der Waals surface area contributed by atoms with E-state index >= 15 is 0 Å². The predicted molar refractivity (Wildman–Crippen MR) is 105 cm³/mol. The number of carbonyl (C=O) groups excluding carboxylic acids is 2. The van der Waals surface area contributed by atoms with E-state index in [-0.39, 0.29) is 17.7 Å². The highest BCUT2D eigenvalue weighted by atomic mass is 35.5. The molecule has 26 heavy (non-hydrogen) atoms. The summed E-state index contributed by atoms with van der Waals surface area (Å²) in [4.78, 5) is 26.7. The molecule has 0 unspecified atom stereocenters. The SMILES string of the molecule is O=C(Nc1ccc(Cl)cc1)C1CCN(C(=O)c2ccc(Cl)cc2Cl)CC1. The largest absolute Gasteiger partial charge is 0.339 e. The van der Waals surface area contributed by atoms with E-state index in [1.807, 2.05) is 0 Å². The topological polar surface area (TPSA) is 49.4 Å². The Hall–Kier alpha value is -1.75. The van der Waals surface area contributed by atoms with Crippen LogP contribution in [0.4, 0.5) is 5.69 Å². The van der Waals surface area contributed by atoms with Crippen molar-refractivity contribution in [2.75, 3.05) is 18.4 Å². The number of rotatable bonds is 3. The molecule has 2 amide bonds. The summed E-state index contributed by atoms with van der Waals surface area (Å²) in [5, 5.41) is 4.34. The summed E-state index contributed by atoms with van der Waals surface area (Å²) in [6.45, 7) is 1.02. The maximum atomic E-state index is 12.6. The van der Waals surface area contributed by atoms with E-state index in [1.54, 1.807) is 47.4 Å². The second kappa shape index (κ2) is 8.30. The molecule has 2 aromatic rings. The van der Waals surface area contributed by atoms with Crippen molar-refractivity contribution in [2.45, 2.75) is 12.8 Å². The Morgan fingerprint density at radius 1 is 0.923 bits per heavy atom. The number of carbonyl (C=O) groups is 2. The van der Waals surface area contributed by atoms with Crippen LogP contribution in [0, 0.1) is 5.92 Å². The van der Waals surface area contributed by atoms with Gasteiger partial charge in [-0.05, 0) is 55.3 Å². The fraction of sp³-hybridized carbons (Fsp3) is 0.263. The number of nitrogens with zero attached hydrogens (tertiary/aromatic N) is 1. The molecule has 1 saturated heterocycles. The van der Waals surface area contributed by atoms with E-state index in [0.29, 0.717) is 52.2 Å². The standard InChI is InChI=1S/C19H17Cl3N2O2/c20-13-1-4-15(5-2-13)23-18(25)12-7-9-24(10-8-12)19(26)16-6-3-14(21)11-17(16)22/h1-6,11-12H,7-10H2,(H,23,25). The minimum absolute atomic E-state index is 0.0380. The van der Waals surface area contributed by atoms with Crippen LogP contribution in [-0.4, -0.2) is 29.8 Å². The van der Waals surface area contributed by atoms with Crippen molar-refractivity contribution in [3.63, 3.8) is 0 Å². The maximum Gasteiger partial charge on any atom is 0.255 e. The molecule has 1 aliphatic rings. The molecule has 1 heterocycles. The molecule has 0 radical (unpaired) electrons. The van der Waals surface area contributed by atoms with Crippen LogP contribution >= 0.6 is 34.8 Å². The van der Waals surface area contributed by atoms with Gasteiger partial charge >= 0.3 is 0 Å². The van der Waals surface area contributed by atoms with Gasteiger partial charge in [-0.2, -0.15) is 0 Å². The monoisotopic (exact) mass is 410 g/mol. The average Bonchev–Trinajstić information content (AvgIpc) is 2.63. The number of anilines is 1. The van der Waals surface area contributed by atoms with Crippen LogP contribution in [0.3, 0.4) is 0 Å². The molecule has 1 aliphatic heterocycles. The van der Waals surface area contributed by atoms with Crippen LogP contribution in [0.25, 0.3) is 0 Å². The highest BCUT2D eigenvalue weighted by Gasteiger charge is 2.28. The van der Waals surface area contributed by atoms with Gasteiger partial charge in [-0.25, -0.2) is 0 Å². The molecule has 0 atom stereocenters. The van der Waals surface area contributed by atoms with Crippen molar-refractivity contribution in [1.82, 2.24) is 4.90 Å². The van der Waals surface area contributed by atoms with Gasteiger partial charge in [0.1, 0.15) is 0 Å². The lowest BCUT2D eigenvalue weighted by molar-refractivity contribution is -0.121. The van der Waals surface area contributed by atoms with Crippen molar-refractivity contribution >= 4 is 52.3 Å². The summed E-state index contributed by atoms with van der Waals surface area (Å²) in [5.41, 5.74) is 1.14. The molecule has 1 N–H and O–H groups in total. The summed E-state index contributed by atoms with van der Waals surface area (Å²) in [7, 11) is 0. The zero-order chi connectivity index (χ0) is 18.7. The first-order chi connectivity index (χ1) is 12.4. The van der Waals surface area contributed by atoms with Crippen molar-refractivity contribution < 1.29 is 9.59 Å². The lowest BCUT2D eigenvalue weighted by atomic mass is 9.95. The molecule has 3 rings (SSSR count). The van der Waals surface area contributed by atoms with Crippen LogP contribution in [0.1, 0.15) is 23.2 Å². The van der Waals surface area contributed by atoms with Crippen LogP contribution in [-0.2, 0) is 4.79 Å². The third-order valence-electron chi connectivity index (χ3n) is 4.43. The summed E-state index contributed by atoms with van der Waals surface area (Å²) in [6.07, 6.45) is 1.22. The smallest absolute Gasteiger partial charge is 0.255 e. The minimum atomic E-state index is -0.136. The normalized spacial score (nSPS) is 15.0. The van der Waals surface area contributed by atoms with E-state index in [1.165, 1.54) is 0 Å². The maximum absolute atomic E-state index is 12.6. The molecule has 1 fully saturated rings. The molecular formula is C19H17Cl3N2O2. The Kier molecular flexibility index (Phi) is 6.07. The summed E-state index contributed by atoms with van der Waals surface area (Å²) in [5.74, 6) is -0.303.